The van der Waals surface area contributed by atoms with Crippen molar-refractivity contribution in [3.05, 3.63) is 41.7 Å². The molecule has 25 heavy (non-hydrogen) atoms. The Hall–Kier alpha value is -2.19. The SMILES string of the molecule is COc1cc(F)c(NC(=O)c2ccn(C3CCCNC3)n2)cc1F.Cl. The van der Waals surface area contributed by atoms with Gasteiger partial charge < -0.3 is 15.4 Å². The van der Waals surface area contributed by atoms with Crippen molar-refractivity contribution in [3.63, 3.8) is 0 Å². The lowest BCUT2D eigenvalue weighted by molar-refractivity contribution is 0.102. The molecule has 0 radical (unpaired) electrons. The van der Waals surface area contributed by atoms with E-state index in [-0.39, 0.29) is 35.6 Å². The van der Waals surface area contributed by atoms with E-state index in [1.165, 1.54) is 7.11 Å². The summed E-state index contributed by atoms with van der Waals surface area (Å²) in [7, 11) is 1.24. The number of ether oxygens (including phenoxy) is 1. The molecular weight excluding hydrogens is 354 g/mol. The molecule has 0 spiro atoms. The number of halogens is 3. The monoisotopic (exact) mass is 372 g/mol. The topological polar surface area (TPSA) is 68.2 Å². The van der Waals surface area contributed by atoms with Gasteiger partial charge in [-0.05, 0) is 25.5 Å². The Morgan fingerprint density at radius 2 is 2.20 bits per heavy atom. The number of carbonyl (C=O) groups excluding carboxylic acids is 1. The molecule has 3 rings (SSSR count). The van der Waals surface area contributed by atoms with Gasteiger partial charge in [0.2, 0.25) is 0 Å². The summed E-state index contributed by atoms with van der Waals surface area (Å²) in [5.74, 6) is -2.36. The molecule has 9 heteroatoms. The largest absolute Gasteiger partial charge is 0.494 e. The van der Waals surface area contributed by atoms with Crippen LogP contribution in [-0.2, 0) is 0 Å². The zero-order valence-electron chi connectivity index (χ0n) is 13.6. The molecule has 0 saturated carbocycles. The second-order valence-corrected chi connectivity index (χ2v) is 5.60. The molecule has 0 aliphatic carbocycles. The lowest BCUT2D eigenvalue weighted by atomic mass is 10.1. The first-order valence-electron chi connectivity index (χ1n) is 7.68. The number of amides is 1. The van der Waals surface area contributed by atoms with Gasteiger partial charge in [0.25, 0.3) is 5.91 Å². The van der Waals surface area contributed by atoms with E-state index in [2.05, 4.69) is 15.7 Å². The number of hydrogen-bond acceptors (Lipinski definition) is 4. The fourth-order valence-electron chi connectivity index (χ4n) is 2.69. The molecule has 1 aliphatic heterocycles. The number of rotatable bonds is 4. The summed E-state index contributed by atoms with van der Waals surface area (Å²) < 4.78 is 34.0. The number of piperidine rings is 1. The molecule has 0 bridgehead atoms. The maximum atomic E-state index is 13.9. The molecule has 1 aromatic carbocycles. The zero-order valence-corrected chi connectivity index (χ0v) is 14.4. The summed E-state index contributed by atoms with van der Waals surface area (Å²) >= 11 is 0. The van der Waals surface area contributed by atoms with E-state index in [1.54, 1.807) is 16.9 Å². The second-order valence-electron chi connectivity index (χ2n) is 5.60. The van der Waals surface area contributed by atoms with E-state index < -0.39 is 17.5 Å². The first-order valence-corrected chi connectivity index (χ1v) is 7.68. The van der Waals surface area contributed by atoms with Gasteiger partial charge in [-0.3, -0.25) is 9.48 Å². The molecule has 1 amide bonds. The van der Waals surface area contributed by atoms with E-state index in [0.29, 0.717) is 0 Å². The van der Waals surface area contributed by atoms with Crippen LogP contribution in [0, 0.1) is 11.6 Å². The van der Waals surface area contributed by atoms with E-state index in [1.807, 2.05) is 0 Å². The molecule has 2 N–H and O–H groups in total. The normalized spacial score (nSPS) is 16.8. The molecule has 136 valence electrons. The third-order valence-corrected chi connectivity index (χ3v) is 3.98. The van der Waals surface area contributed by atoms with Crippen LogP contribution in [0.4, 0.5) is 14.5 Å². The highest BCUT2D eigenvalue weighted by Gasteiger charge is 2.19. The summed E-state index contributed by atoms with van der Waals surface area (Å²) in [6.45, 7) is 1.77. The Morgan fingerprint density at radius 1 is 1.40 bits per heavy atom. The summed E-state index contributed by atoms with van der Waals surface area (Å²) in [6, 6.07) is 3.52. The zero-order chi connectivity index (χ0) is 17.1. The van der Waals surface area contributed by atoms with Gasteiger partial charge in [-0.2, -0.15) is 5.10 Å². The average molecular weight is 373 g/mol. The predicted octanol–water partition coefficient (Wildman–Crippen LogP) is 2.77. The number of nitrogens with zero attached hydrogens (tertiary/aromatic N) is 2. The number of aromatic nitrogens is 2. The van der Waals surface area contributed by atoms with Crippen molar-refractivity contribution in [1.29, 1.82) is 0 Å². The number of hydrogen-bond donors (Lipinski definition) is 2. The summed E-state index contributed by atoms with van der Waals surface area (Å²) in [6.07, 6.45) is 3.74. The smallest absolute Gasteiger partial charge is 0.276 e. The van der Waals surface area contributed by atoms with Gasteiger partial charge in [-0.15, -0.1) is 12.4 Å². The highest BCUT2D eigenvalue weighted by molar-refractivity contribution is 6.02. The van der Waals surface area contributed by atoms with Crippen molar-refractivity contribution in [2.24, 2.45) is 0 Å². The maximum Gasteiger partial charge on any atom is 0.276 e. The second kappa shape index (κ2) is 8.26. The van der Waals surface area contributed by atoms with E-state index in [0.717, 1.165) is 38.1 Å². The molecule has 2 aromatic rings. The Bertz CT molecular complexity index is 748. The molecule has 1 fully saturated rings. The number of benzene rings is 1. The van der Waals surface area contributed by atoms with Crippen LogP contribution in [0.25, 0.3) is 0 Å². The first-order chi connectivity index (χ1) is 11.6. The highest BCUT2D eigenvalue weighted by Crippen LogP contribution is 2.25. The van der Waals surface area contributed by atoms with Gasteiger partial charge in [-0.25, -0.2) is 8.78 Å². The highest BCUT2D eigenvalue weighted by atomic mass is 35.5. The molecule has 1 unspecified atom stereocenters. The van der Waals surface area contributed by atoms with E-state index >= 15 is 0 Å². The lowest BCUT2D eigenvalue weighted by Gasteiger charge is -2.22. The molecule has 1 atom stereocenters. The van der Waals surface area contributed by atoms with Gasteiger partial charge in [0.05, 0.1) is 18.8 Å². The standard InChI is InChI=1S/C16H18F2N4O2.ClH/c1-24-15-8-11(17)14(7-12(15)18)20-16(23)13-4-6-22(21-13)10-3-2-5-19-9-10;/h4,6-8,10,19H,2-3,5,9H2,1H3,(H,20,23);1H. The number of nitrogens with one attached hydrogen (secondary N) is 2. The van der Waals surface area contributed by atoms with E-state index in [4.69, 9.17) is 4.74 Å². The summed E-state index contributed by atoms with van der Waals surface area (Å²) in [5.41, 5.74) is -0.108. The van der Waals surface area contributed by atoms with Crippen molar-refractivity contribution >= 4 is 24.0 Å². The third kappa shape index (κ3) is 4.26. The maximum absolute atomic E-state index is 13.9. The quantitative estimate of drug-likeness (QED) is 0.866. The molecule has 6 nitrogen and oxygen atoms in total. The van der Waals surface area contributed by atoms with E-state index in [9.17, 15) is 13.6 Å². The Labute approximate surface area is 150 Å². The van der Waals surface area contributed by atoms with Crippen LogP contribution in [-0.4, -0.2) is 35.9 Å². The van der Waals surface area contributed by atoms with Crippen LogP contribution in [0.15, 0.2) is 24.4 Å². The van der Waals surface area contributed by atoms with Crippen molar-refractivity contribution < 1.29 is 18.3 Å². The fourth-order valence-corrected chi connectivity index (χ4v) is 2.69. The van der Waals surface area contributed by atoms with Crippen LogP contribution >= 0.6 is 12.4 Å². The van der Waals surface area contributed by atoms with Gasteiger partial charge in [0, 0.05) is 24.9 Å². The van der Waals surface area contributed by atoms with Gasteiger partial charge in [0.15, 0.2) is 23.1 Å². The minimum Gasteiger partial charge on any atom is -0.494 e. The molecule has 1 aliphatic rings. The van der Waals surface area contributed by atoms with Crippen molar-refractivity contribution in [1.82, 2.24) is 15.1 Å². The minimum absolute atomic E-state index is 0. The molecule has 2 heterocycles. The fraction of sp³-hybridized carbons (Fsp3) is 0.375. The van der Waals surface area contributed by atoms with Crippen LogP contribution in [0.5, 0.6) is 5.75 Å². The molecule has 1 saturated heterocycles. The average Bonchev–Trinajstić information content (AvgIpc) is 3.09. The van der Waals surface area contributed by atoms with Gasteiger partial charge in [-0.1, -0.05) is 0 Å². The van der Waals surface area contributed by atoms with Crippen molar-refractivity contribution in [2.75, 3.05) is 25.5 Å². The number of anilines is 1. The molecule has 1 aromatic heterocycles. The molecular formula is C16H19ClF2N4O2. The van der Waals surface area contributed by atoms with Crippen molar-refractivity contribution in [2.45, 2.75) is 18.9 Å². The van der Waals surface area contributed by atoms with Crippen molar-refractivity contribution in [3.8, 4) is 5.75 Å². The predicted molar refractivity (Wildman–Crippen MR) is 91.5 cm³/mol. The Kier molecular flexibility index (Phi) is 6.33. The van der Waals surface area contributed by atoms with Crippen LogP contribution in [0.2, 0.25) is 0 Å². The summed E-state index contributed by atoms with van der Waals surface area (Å²) in [4.78, 5) is 12.2. The van der Waals surface area contributed by atoms with Gasteiger partial charge >= 0.3 is 0 Å². The Balaban J connectivity index is 0.00000225. The third-order valence-electron chi connectivity index (χ3n) is 3.98. The van der Waals surface area contributed by atoms with Crippen LogP contribution < -0.4 is 15.4 Å². The van der Waals surface area contributed by atoms with Crippen LogP contribution in [0.3, 0.4) is 0 Å². The summed E-state index contributed by atoms with van der Waals surface area (Å²) in [5, 5.41) is 9.85. The Morgan fingerprint density at radius 3 is 2.88 bits per heavy atom. The van der Waals surface area contributed by atoms with Gasteiger partial charge in [0.1, 0.15) is 0 Å². The number of carbonyl (C=O) groups is 1. The first kappa shape index (κ1) is 19.1. The minimum atomic E-state index is -0.780. The van der Waals surface area contributed by atoms with Crippen LogP contribution in [0.1, 0.15) is 29.4 Å². The number of methoxy groups -OCH3 is 1. The lowest BCUT2D eigenvalue weighted by Crippen LogP contribution is -2.32.